The minimum Gasteiger partial charge on any atom is -0.493 e. The number of carbonyl (C=O) groups is 1. The molecule has 0 radical (unpaired) electrons. The first-order valence-corrected chi connectivity index (χ1v) is 13.3. The summed E-state index contributed by atoms with van der Waals surface area (Å²) in [7, 11) is 3.06. The molecule has 0 bridgehead atoms. The van der Waals surface area contributed by atoms with Crippen molar-refractivity contribution < 1.29 is 23.7 Å². The predicted octanol–water partition coefficient (Wildman–Crippen LogP) is 5.67. The Hall–Kier alpha value is -3.79. The number of amides is 1. The van der Waals surface area contributed by atoms with Gasteiger partial charge in [0.1, 0.15) is 24.0 Å². The van der Waals surface area contributed by atoms with Crippen molar-refractivity contribution in [2.75, 3.05) is 27.4 Å². The molecule has 0 aromatic heterocycles. The van der Waals surface area contributed by atoms with E-state index in [2.05, 4.69) is 17.0 Å². The number of hydrogen-bond donors (Lipinski definition) is 1. The standard InChI is InChI=1S/C28H32N4O5S/c1-5-6-7-12-24-31-32-26(29)20(27(33)30-28(32)38-24)15-19-16-22(34-3)25(23(17-19)35-4)37-14-13-36-21-11-9-8-10-18(21)2/h8-11,15-17,29H,5-7,12-14H2,1-4H3. The lowest BCUT2D eigenvalue weighted by Crippen LogP contribution is -2.35. The SMILES string of the molecule is CCCCCC1=NN2C(=N)C(=Cc3cc(OC)c(OCCOc4ccccc4C)c(OC)c3)C(=O)N=C2S1. The second-order valence-electron chi connectivity index (χ2n) is 8.69. The molecule has 4 rings (SSSR count). The average molecular weight is 537 g/mol. The third-order valence-electron chi connectivity index (χ3n) is 5.97. The number of hydrogen-bond acceptors (Lipinski definition) is 8. The number of thioether (sulfide) groups is 1. The summed E-state index contributed by atoms with van der Waals surface area (Å²) in [5.41, 5.74) is 1.79. The van der Waals surface area contributed by atoms with E-state index in [1.807, 2.05) is 31.2 Å². The lowest BCUT2D eigenvalue weighted by Gasteiger charge is -2.20. The second-order valence-corrected chi connectivity index (χ2v) is 9.73. The molecular formula is C28H32N4O5S. The van der Waals surface area contributed by atoms with Gasteiger partial charge in [-0.25, -0.2) is 0 Å². The molecule has 1 N–H and O–H groups in total. The number of carbonyl (C=O) groups excluding carboxylic acids is 1. The number of ether oxygens (including phenoxy) is 4. The van der Waals surface area contributed by atoms with E-state index in [-0.39, 0.29) is 18.0 Å². The van der Waals surface area contributed by atoms with Crippen LogP contribution >= 0.6 is 11.8 Å². The fourth-order valence-corrected chi connectivity index (χ4v) is 4.89. The van der Waals surface area contributed by atoms with Gasteiger partial charge in [0.05, 0.1) is 19.8 Å². The van der Waals surface area contributed by atoms with Crippen LogP contribution in [0, 0.1) is 12.3 Å². The Bertz CT molecular complexity index is 1280. The number of fused-ring (bicyclic) bond motifs is 1. The smallest absolute Gasteiger partial charge is 0.283 e. The van der Waals surface area contributed by atoms with Crippen LogP contribution in [0.15, 0.2) is 52.1 Å². The van der Waals surface area contributed by atoms with E-state index < -0.39 is 5.91 Å². The van der Waals surface area contributed by atoms with Crippen LogP contribution in [0.2, 0.25) is 0 Å². The molecule has 0 unspecified atom stereocenters. The van der Waals surface area contributed by atoms with Gasteiger partial charge in [0.2, 0.25) is 10.9 Å². The van der Waals surface area contributed by atoms with Crippen LogP contribution in [-0.2, 0) is 4.79 Å². The molecule has 200 valence electrons. The first kappa shape index (κ1) is 27.3. The highest BCUT2D eigenvalue weighted by Crippen LogP contribution is 2.39. The number of hydrazone groups is 1. The van der Waals surface area contributed by atoms with Gasteiger partial charge in [-0.3, -0.25) is 10.2 Å². The maximum absolute atomic E-state index is 12.8. The summed E-state index contributed by atoms with van der Waals surface area (Å²) in [5.74, 6) is 1.59. The molecule has 2 aliphatic heterocycles. The zero-order valence-electron chi connectivity index (χ0n) is 22.1. The topological polar surface area (TPSA) is 106 Å². The van der Waals surface area contributed by atoms with Crippen molar-refractivity contribution in [3.8, 4) is 23.0 Å². The van der Waals surface area contributed by atoms with Crippen molar-refractivity contribution in [2.24, 2.45) is 10.1 Å². The number of nitrogens with zero attached hydrogens (tertiary/aromatic N) is 3. The number of aryl methyl sites for hydroxylation is 1. The van der Waals surface area contributed by atoms with Gasteiger partial charge in [-0.05, 0) is 66.9 Å². The Labute approximate surface area is 227 Å². The number of benzene rings is 2. The van der Waals surface area contributed by atoms with Crippen LogP contribution in [0.4, 0.5) is 0 Å². The second kappa shape index (κ2) is 12.6. The number of rotatable bonds is 12. The molecule has 0 fully saturated rings. The largest absolute Gasteiger partial charge is 0.493 e. The van der Waals surface area contributed by atoms with Gasteiger partial charge in [0.15, 0.2) is 17.3 Å². The maximum atomic E-state index is 12.8. The zero-order chi connectivity index (χ0) is 27.1. The van der Waals surface area contributed by atoms with Crippen LogP contribution < -0.4 is 18.9 Å². The number of para-hydroxylation sites is 1. The summed E-state index contributed by atoms with van der Waals surface area (Å²) in [6, 6.07) is 11.2. The van der Waals surface area contributed by atoms with Crippen molar-refractivity contribution in [2.45, 2.75) is 39.5 Å². The number of amidine groups is 2. The van der Waals surface area contributed by atoms with Gasteiger partial charge in [-0.15, -0.1) is 0 Å². The molecule has 2 heterocycles. The number of unbranched alkanes of at least 4 members (excludes halogenated alkanes) is 2. The summed E-state index contributed by atoms with van der Waals surface area (Å²) >= 11 is 1.35. The van der Waals surface area contributed by atoms with Crippen LogP contribution in [-0.4, -0.2) is 54.4 Å². The van der Waals surface area contributed by atoms with Crippen LogP contribution in [0.5, 0.6) is 23.0 Å². The number of nitrogens with one attached hydrogen (secondary N) is 1. The Morgan fingerprint density at radius 3 is 2.42 bits per heavy atom. The van der Waals surface area contributed by atoms with E-state index >= 15 is 0 Å². The summed E-state index contributed by atoms with van der Waals surface area (Å²) in [6.45, 7) is 4.74. The molecule has 2 aromatic carbocycles. The minimum absolute atomic E-state index is 0.00962. The molecule has 0 saturated carbocycles. The Morgan fingerprint density at radius 2 is 1.74 bits per heavy atom. The predicted molar refractivity (Wildman–Crippen MR) is 151 cm³/mol. The van der Waals surface area contributed by atoms with Gasteiger partial charge >= 0.3 is 0 Å². The summed E-state index contributed by atoms with van der Waals surface area (Å²) in [6.07, 6.45) is 5.63. The third kappa shape index (κ3) is 6.19. The molecule has 10 heteroatoms. The van der Waals surface area contributed by atoms with Gasteiger partial charge in [0.25, 0.3) is 5.91 Å². The lowest BCUT2D eigenvalue weighted by atomic mass is 10.1. The van der Waals surface area contributed by atoms with Gasteiger partial charge < -0.3 is 18.9 Å². The Kier molecular flexibility index (Phi) is 9.06. The number of aliphatic imine (C=N–C) groups is 1. The fraction of sp³-hybridized carbons (Fsp3) is 0.357. The highest BCUT2D eigenvalue weighted by molar-refractivity contribution is 8.26. The molecular weight excluding hydrogens is 504 g/mol. The fourth-order valence-electron chi connectivity index (χ4n) is 3.97. The van der Waals surface area contributed by atoms with Gasteiger partial charge in [0, 0.05) is 0 Å². The first-order valence-electron chi connectivity index (χ1n) is 12.5. The van der Waals surface area contributed by atoms with Crippen molar-refractivity contribution in [3.63, 3.8) is 0 Å². The van der Waals surface area contributed by atoms with E-state index in [4.69, 9.17) is 24.4 Å². The van der Waals surface area contributed by atoms with Crippen molar-refractivity contribution >= 4 is 39.8 Å². The van der Waals surface area contributed by atoms with Crippen molar-refractivity contribution in [3.05, 3.63) is 53.1 Å². The summed E-state index contributed by atoms with van der Waals surface area (Å²) < 4.78 is 22.9. The molecule has 0 spiro atoms. The first-order chi connectivity index (χ1) is 18.4. The average Bonchev–Trinajstić information content (AvgIpc) is 3.32. The molecule has 1 amide bonds. The minimum atomic E-state index is -0.481. The molecule has 0 aliphatic carbocycles. The molecule has 2 aromatic rings. The molecule has 2 aliphatic rings. The molecule has 38 heavy (non-hydrogen) atoms. The normalized spacial score (nSPS) is 15.8. The third-order valence-corrected chi connectivity index (χ3v) is 6.93. The van der Waals surface area contributed by atoms with E-state index in [1.165, 1.54) is 31.0 Å². The lowest BCUT2D eigenvalue weighted by molar-refractivity contribution is -0.114. The van der Waals surface area contributed by atoms with E-state index in [0.717, 1.165) is 42.0 Å². The maximum Gasteiger partial charge on any atom is 0.283 e. The van der Waals surface area contributed by atoms with Crippen LogP contribution in [0.1, 0.15) is 43.7 Å². The monoisotopic (exact) mass is 536 g/mol. The van der Waals surface area contributed by atoms with Gasteiger partial charge in [-0.2, -0.15) is 15.1 Å². The molecule has 9 nitrogen and oxygen atoms in total. The van der Waals surface area contributed by atoms with E-state index in [0.29, 0.717) is 34.6 Å². The van der Waals surface area contributed by atoms with Crippen LogP contribution in [0.3, 0.4) is 0 Å². The summed E-state index contributed by atoms with van der Waals surface area (Å²) in [5, 5.41) is 15.9. The van der Waals surface area contributed by atoms with Crippen LogP contribution in [0.25, 0.3) is 6.08 Å². The molecule has 0 atom stereocenters. The Morgan fingerprint density at radius 1 is 1.03 bits per heavy atom. The van der Waals surface area contributed by atoms with E-state index in [1.54, 1.807) is 18.2 Å². The van der Waals surface area contributed by atoms with Crippen molar-refractivity contribution in [1.82, 2.24) is 5.01 Å². The quantitative estimate of drug-likeness (QED) is 0.275. The van der Waals surface area contributed by atoms with E-state index in [9.17, 15) is 4.79 Å². The number of methoxy groups -OCH3 is 2. The Balaban J connectivity index is 1.50. The zero-order valence-corrected chi connectivity index (χ0v) is 22.9. The van der Waals surface area contributed by atoms with Gasteiger partial charge in [-0.1, -0.05) is 38.0 Å². The van der Waals surface area contributed by atoms with Crippen molar-refractivity contribution in [1.29, 1.82) is 5.41 Å². The highest BCUT2D eigenvalue weighted by atomic mass is 32.2. The molecule has 0 saturated heterocycles. The summed E-state index contributed by atoms with van der Waals surface area (Å²) in [4.78, 5) is 17.0. The highest BCUT2D eigenvalue weighted by Gasteiger charge is 2.35.